The van der Waals surface area contributed by atoms with Crippen molar-refractivity contribution < 1.29 is 23.9 Å². The molecule has 3 amide bonds. The monoisotopic (exact) mass is 406 g/mol. The molecule has 1 saturated heterocycles. The quantitative estimate of drug-likeness (QED) is 0.442. The number of aryl methyl sites for hydroxylation is 1. The molecule has 0 N–H and O–H groups in total. The van der Waals surface area contributed by atoms with Gasteiger partial charge in [0, 0.05) is 24.7 Å². The van der Waals surface area contributed by atoms with Crippen LogP contribution in [-0.4, -0.2) is 37.3 Å². The molecule has 2 aromatic rings. The molecule has 154 valence electrons. The van der Waals surface area contributed by atoms with Gasteiger partial charge in [0.1, 0.15) is 0 Å². The SMILES string of the molecule is CCOC(=O)[C@]1([C@@H]2CC(=O)N(c3ccc(C)cc3)C2=O)C(=O)N(C)c2ccccc21. The van der Waals surface area contributed by atoms with Crippen LogP contribution in [0.25, 0.3) is 0 Å². The van der Waals surface area contributed by atoms with Crippen molar-refractivity contribution in [2.75, 3.05) is 23.5 Å². The first kappa shape index (κ1) is 19.8. The van der Waals surface area contributed by atoms with Crippen LogP contribution >= 0.6 is 0 Å². The molecular formula is C23H22N2O5. The Kier molecular flexibility index (Phi) is 4.68. The van der Waals surface area contributed by atoms with Gasteiger partial charge in [-0.3, -0.25) is 24.1 Å². The highest BCUT2D eigenvalue weighted by Gasteiger charge is 2.66. The smallest absolute Gasteiger partial charge is 0.327 e. The van der Waals surface area contributed by atoms with Gasteiger partial charge in [-0.15, -0.1) is 0 Å². The Morgan fingerprint density at radius 1 is 1.10 bits per heavy atom. The number of rotatable bonds is 4. The summed E-state index contributed by atoms with van der Waals surface area (Å²) in [5.41, 5.74) is 0.452. The second-order valence-corrected chi connectivity index (χ2v) is 7.57. The minimum atomic E-state index is -1.88. The van der Waals surface area contributed by atoms with E-state index >= 15 is 0 Å². The van der Waals surface area contributed by atoms with E-state index in [0.29, 0.717) is 16.9 Å². The molecule has 2 aromatic carbocycles. The van der Waals surface area contributed by atoms with Crippen molar-refractivity contribution in [1.82, 2.24) is 0 Å². The highest BCUT2D eigenvalue weighted by Crippen LogP contribution is 2.50. The number of fused-ring (bicyclic) bond motifs is 1. The zero-order valence-corrected chi connectivity index (χ0v) is 17.0. The number of para-hydroxylation sites is 1. The molecule has 0 radical (unpaired) electrons. The Bertz CT molecular complexity index is 1060. The number of esters is 1. The highest BCUT2D eigenvalue weighted by atomic mass is 16.5. The number of ether oxygens (including phenoxy) is 1. The fraction of sp³-hybridized carbons (Fsp3) is 0.304. The van der Waals surface area contributed by atoms with Gasteiger partial charge in [0.15, 0.2) is 5.41 Å². The van der Waals surface area contributed by atoms with Crippen molar-refractivity contribution in [3.8, 4) is 0 Å². The summed E-state index contributed by atoms with van der Waals surface area (Å²) in [7, 11) is 1.56. The van der Waals surface area contributed by atoms with Crippen molar-refractivity contribution in [2.45, 2.75) is 25.7 Å². The number of imide groups is 1. The van der Waals surface area contributed by atoms with E-state index < -0.39 is 35.0 Å². The fourth-order valence-electron chi connectivity index (χ4n) is 4.45. The highest BCUT2D eigenvalue weighted by molar-refractivity contribution is 6.29. The molecule has 7 nitrogen and oxygen atoms in total. The number of carbonyl (C=O) groups excluding carboxylic acids is 4. The molecule has 0 bridgehead atoms. The molecule has 0 unspecified atom stereocenters. The summed E-state index contributed by atoms with van der Waals surface area (Å²) < 4.78 is 5.29. The minimum Gasteiger partial charge on any atom is -0.465 e. The van der Waals surface area contributed by atoms with Crippen LogP contribution in [0.4, 0.5) is 11.4 Å². The summed E-state index contributed by atoms with van der Waals surface area (Å²) in [6, 6.07) is 13.8. The number of carbonyl (C=O) groups is 4. The first-order valence-electron chi connectivity index (χ1n) is 9.82. The summed E-state index contributed by atoms with van der Waals surface area (Å²) >= 11 is 0. The van der Waals surface area contributed by atoms with Crippen molar-refractivity contribution in [3.05, 3.63) is 59.7 Å². The van der Waals surface area contributed by atoms with Gasteiger partial charge in [0.2, 0.25) is 17.7 Å². The zero-order chi connectivity index (χ0) is 21.6. The lowest BCUT2D eigenvalue weighted by molar-refractivity contribution is -0.158. The second kappa shape index (κ2) is 7.09. The molecule has 0 aliphatic carbocycles. The van der Waals surface area contributed by atoms with Crippen LogP contribution in [0.2, 0.25) is 0 Å². The van der Waals surface area contributed by atoms with Crippen molar-refractivity contribution in [2.24, 2.45) is 5.92 Å². The van der Waals surface area contributed by atoms with E-state index in [1.165, 1.54) is 4.90 Å². The molecule has 2 heterocycles. The van der Waals surface area contributed by atoms with Crippen molar-refractivity contribution >= 4 is 35.1 Å². The maximum atomic E-state index is 13.5. The van der Waals surface area contributed by atoms with E-state index in [-0.39, 0.29) is 13.0 Å². The van der Waals surface area contributed by atoms with Gasteiger partial charge >= 0.3 is 5.97 Å². The van der Waals surface area contributed by atoms with E-state index in [1.54, 1.807) is 62.5 Å². The van der Waals surface area contributed by atoms with Crippen LogP contribution in [-0.2, 0) is 29.3 Å². The third-order valence-electron chi connectivity index (χ3n) is 5.89. The van der Waals surface area contributed by atoms with Gasteiger partial charge in [-0.2, -0.15) is 0 Å². The Balaban J connectivity index is 1.87. The molecule has 2 aliphatic rings. The van der Waals surface area contributed by atoms with Crippen LogP contribution in [0, 0.1) is 12.8 Å². The normalized spacial score (nSPS) is 23.2. The third-order valence-corrected chi connectivity index (χ3v) is 5.89. The van der Waals surface area contributed by atoms with Gasteiger partial charge in [-0.1, -0.05) is 35.9 Å². The Morgan fingerprint density at radius 3 is 2.43 bits per heavy atom. The second-order valence-electron chi connectivity index (χ2n) is 7.57. The molecule has 1 fully saturated rings. The molecule has 4 rings (SSSR count). The molecule has 30 heavy (non-hydrogen) atoms. The third kappa shape index (κ3) is 2.58. The summed E-state index contributed by atoms with van der Waals surface area (Å²) in [5, 5.41) is 0. The van der Waals surface area contributed by atoms with Gasteiger partial charge in [-0.05, 0) is 32.0 Å². The Hall–Kier alpha value is -3.48. The van der Waals surface area contributed by atoms with Gasteiger partial charge in [0.25, 0.3) is 0 Å². The van der Waals surface area contributed by atoms with Crippen LogP contribution in [0.3, 0.4) is 0 Å². The van der Waals surface area contributed by atoms with Gasteiger partial charge < -0.3 is 9.64 Å². The topological polar surface area (TPSA) is 84.0 Å². The maximum absolute atomic E-state index is 13.5. The number of anilines is 2. The number of likely N-dealkylation sites (N-methyl/N-ethyl adjacent to an activating group) is 1. The predicted octanol–water partition coefficient (Wildman–Crippen LogP) is 2.35. The average molecular weight is 406 g/mol. The Morgan fingerprint density at radius 2 is 1.77 bits per heavy atom. The molecule has 0 saturated carbocycles. The first-order chi connectivity index (χ1) is 14.3. The molecular weight excluding hydrogens is 384 g/mol. The van der Waals surface area contributed by atoms with Crippen LogP contribution in [0.1, 0.15) is 24.5 Å². The molecule has 0 aromatic heterocycles. The number of amides is 3. The largest absolute Gasteiger partial charge is 0.465 e. The lowest BCUT2D eigenvalue weighted by Crippen LogP contribution is -2.54. The fourth-order valence-corrected chi connectivity index (χ4v) is 4.45. The number of benzene rings is 2. The van der Waals surface area contributed by atoms with Crippen LogP contribution in [0.15, 0.2) is 48.5 Å². The number of hydrogen-bond donors (Lipinski definition) is 0. The Labute approximate surface area is 174 Å². The van der Waals surface area contributed by atoms with Crippen LogP contribution in [0.5, 0.6) is 0 Å². The lowest BCUT2D eigenvalue weighted by atomic mass is 9.70. The van der Waals surface area contributed by atoms with Gasteiger partial charge in [-0.25, -0.2) is 0 Å². The van der Waals surface area contributed by atoms with E-state index in [2.05, 4.69) is 0 Å². The standard InChI is InChI=1S/C23H22N2O5/c1-4-30-22(29)23(16-7-5-6-8-18(16)24(3)21(23)28)17-13-19(26)25(20(17)27)15-11-9-14(2)10-12-15/h5-12,17H,4,13H2,1-3H3/t17-,23-/m1/s1. The molecule has 7 heteroatoms. The molecule has 2 atom stereocenters. The summed E-state index contributed by atoms with van der Waals surface area (Å²) in [6.07, 6.45) is -0.251. The van der Waals surface area contributed by atoms with Gasteiger partial charge in [0.05, 0.1) is 18.2 Å². The lowest BCUT2D eigenvalue weighted by Gasteiger charge is -2.30. The van der Waals surface area contributed by atoms with Crippen LogP contribution < -0.4 is 9.80 Å². The summed E-state index contributed by atoms with van der Waals surface area (Å²) in [5.74, 6) is -3.56. The predicted molar refractivity (Wildman–Crippen MR) is 110 cm³/mol. The van der Waals surface area contributed by atoms with Crippen molar-refractivity contribution in [3.63, 3.8) is 0 Å². The van der Waals surface area contributed by atoms with E-state index in [1.807, 2.05) is 6.92 Å². The maximum Gasteiger partial charge on any atom is 0.327 e. The molecule has 2 aliphatic heterocycles. The number of nitrogens with zero attached hydrogens (tertiary/aromatic N) is 2. The van der Waals surface area contributed by atoms with E-state index in [4.69, 9.17) is 4.74 Å². The first-order valence-corrected chi connectivity index (χ1v) is 9.82. The van der Waals surface area contributed by atoms with E-state index in [0.717, 1.165) is 10.5 Å². The summed E-state index contributed by atoms with van der Waals surface area (Å²) in [4.78, 5) is 55.5. The van der Waals surface area contributed by atoms with Crippen molar-refractivity contribution in [1.29, 1.82) is 0 Å². The zero-order valence-electron chi connectivity index (χ0n) is 17.0. The number of hydrogen-bond acceptors (Lipinski definition) is 5. The minimum absolute atomic E-state index is 0.0519. The average Bonchev–Trinajstić information content (AvgIpc) is 3.15. The summed E-state index contributed by atoms with van der Waals surface area (Å²) in [6.45, 7) is 3.59. The van der Waals surface area contributed by atoms with E-state index in [9.17, 15) is 19.2 Å². The molecule has 0 spiro atoms.